The molecule has 2 aliphatic rings. The summed E-state index contributed by atoms with van der Waals surface area (Å²) in [6, 6.07) is 20.8. The molecule has 1 aliphatic heterocycles. The van der Waals surface area contributed by atoms with Gasteiger partial charge in [-0.05, 0) is 58.7 Å². The maximum Gasteiger partial charge on any atom is 0.224 e. The van der Waals surface area contributed by atoms with Gasteiger partial charge >= 0.3 is 0 Å². The maximum atomic E-state index is 14.0. The first-order chi connectivity index (χ1) is 17.5. The third-order valence-electron chi connectivity index (χ3n) is 7.33. The summed E-state index contributed by atoms with van der Waals surface area (Å²) in [5.41, 5.74) is 6.03. The first kappa shape index (κ1) is 25.6. The lowest BCUT2D eigenvalue weighted by atomic mass is 9.77. The lowest BCUT2D eigenvalue weighted by Gasteiger charge is -2.35. The summed E-state index contributed by atoms with van der Waals surface area (Å²) in [4.78, 5) is 28.8. The standard InChI is InChI=1S/C31H30Cl2N2O2/c1-18(36)35-27-8-6-5-7-25(27)34-26-15-20(19-9-11-21(12-10-19)31(2,3)4)16-28(37)29(26)30(35)23-14-13-22(32)17-24(23)33/h5-14,17,20,30,34H,15-16H2,1-4H3/t20-,30-/m0/s1. The van der Waals surface area contributed by atoms with Gasteiger partial charge in [0.25, 0.3) is 0 Å². The molecule has 0 radical (unpaired) electrons. The monoisotopic (exact) mass is 532 g/mol. The third-order valence-corrected chi connectivity index (χ3v) is 7.90. The Morgan fingerprint density at radius 3 is 2.32 bits per heavy atom. The highest BCUT2D eigenvalue weighted by molar-refractivity contribution is 6.35. The topological polar surface area (TPSA) is 49.4 Å². The second-order valence-corrected chi connectivity index (χ2v) is 11.7. The van der Waals surface area contributed by atoms with Gasteiger partial charge in [-0.25, -0.2) is 0 Å². The molecule has 0 fully saturated rings. The number of anilines is 2. The van der Waals surface area contributed by atoms with E-state index in [0.717, 1.165) is 16.9 Å². The molecule has 1 aliphatic carbocycles. The van der Waals surface area contributed by atoms with Crippen molar-refractivity contribution in [1.82, 2.24) is 0 Å². The van der Waals surface area contributed by atoms with Crippen LogP contribution in [0.3, 0.4) is 0 Å². The normalized spacial score (nSPS) is 19.6. The quantitative estimate of drug-likeness (QED) is 0.361. The molecule has 2 atom stereocenters. The number of hydrogen-bond acceptors (Lipinski definition) is 3. The number of nitrogens with one attached hydrogen (secondary N) is 1. The predicted octanol–water partition coefficient (Wildman–Crippen LogP) is 8.21. The van der Waals surface area contributed by atoms with Crippen molar-refractivity contribution in [3.63, 3.8) is 0 Å². The number of rotatable bonds is 2. The average molecular weight is 533 g/mol. The third kappa shape index (κ3) is 4.81. The van der Waals surface area contributed by atoms with E-state index in [0.29, 0.717) is 39.7 Å². The van der Waals surface area contributed by atoms with Crippen LogP contribution in [-0.4, -0.2) is 11.7 Å². The van der Waals surface area contributed by atoms with Crippen LogP contribution < -0.4 is 10.2 Å². The van der Waals surface area contributed by atoms with Crippen molar-refractivity contribution >= 4 is 46.3 Å². The summed E-state index contributed by atoms with van der Waals surface area (Å²) in [7, 11) is 0. The summed E-state index contributed by atoms with van der Waals surface area (Å²) in [5, 5.41) is 4.46. The second kappa shape index (κ2) is 9.66. The van der Waals surface area contributed by atoms with E-state index in [9.17, 15) is 9.59 Å². The summed E-state index contributed by atoms with van der Waals surface area (Å²) in [5.74, 6) is -0.134. The molecule has 37 heavy (non-hydrogen) atoms. The lowest BCUT2D eigenvalue weighted by Crippen LogP contribution is -2.37. The van der Waals surface area contributed by atoms with Crippen LogP contribution >= 0.6 is 23.2 Å². The number of Topliss-reactive ketones (excluding diaryl/α,β-unsaturated/α-hetero) is 1. The van der Waals surface area contributed by atoms with Gasteiger partial charge < -0.3 is 5.32 Å². The molecule has 0 saturated carbocycles. The van der Waals surface area contributed by atoms with Gasteiger partial charge in [0, 0.05) is 34.7 Å². The average Bonchev–Trinajstić information content (AvgIpc) is 2.98. The summed E-state index contributed by atoms with van der Waals surface area (Å²) >= 11 is 12.9. The lowest BCUT2D eigenvalue weighted by molar-refractivity contribution is -0.117. The first-order valence-corrected chi connectivity index (χ1v) is 13.3. The minimum absolute atomic E-state index is 0.00807. The van der Waals surface area contributed by atoms with Gasteiger partial charge in [0.2, 0.25) is 5.91 Å². The largest absolute Gasteiger partial charge is 0.357 e. The Morgan fingerprint density at radius 2 is 1.68 bits per heavy atom. The molecule has 5 rings (SSSR count). The van der Waals surface area contributed by atoms with Crippen LogP contribution in [0.2, 0.25) is 10.0 Å². The van der Waals surface area contributed by atoms with Crippen LogP contribution in [0.1, 0.15) is 69.2 Å². The molecule has 1 N–H and O–H groups in total. The number of carbonyl (C=O) groups excluding carboxylic acids is 2. The van der Waals surface area contributed by atoms with E-state index < -0.39 is 6.04 Å². The van der Waals surface area contributed by atoms with Crippen molar-refractivity contribution < 1.29 is 9.59 Å². The van der Waals surface area contributed by atoms with E-state index in [1.807, 2.05) is 30.3 Å². The van der Waals surface area contributed by atoms with Crippen molar-refractivity contribution in [2.45, 2.75) is 57.9 Å². The van der Waals surface area contributed by atoms with E-state index in [-0.39, 0.29) is 23.0 Å². The molecular weight excluding hydrogens is 503 g/mol. The van der Waals surface area contributed by atoms with Gasteiger partial charge in [0.05, 0.1) is 17.4 Å². The number of benzene rings is 3. The maximum absolute atomic E-state index is 14.0. The number of carbonyl (C=O) groups is 2. The Bertz CT molecular complexity index is 1420. The van der Waals surface area contributed by atoms with Crippen LogP contribution in [-0.2, 0) is 15.0 Å². The highest BCUT2D eigenvalue weighted by Gasteiger charge is 2.41. The molecule has 0 aromatic heterocycles. The Morgan fingerprint density at radius 1 is 0.973 bits per heavy atom. The second-order valence-electron chi connectivity index (χ2n) is 10.9. The number of allylic oxidation sites excluding steroid dienone is 1. The van der Waals surface area contributed by atoms with Crippen molar-refractivity contribution in [1.29, 1.82) is 0 Å². The molecule has 190 valence electrons. The van der Waals surface area contributed by atoms with Crippen LogP contribution in [0, 0.1) is 0 Å². The zero-order valence-corrected chi connectivity index (χ0v) is 23.0. The molecule has 1 heterocycles. The van der Waals surface area contributed by atoms with E-state index in [1.54, 1.807) is 17.0 Å². The van der Waals surface area contributed by atoms with Gasteiger partial charge in [-0.2, -0.15) is 0 Å². The highest BCUT2D eigenvalue weighted by atomic mass is 35.5. The SMILES string of the molecule is CC(=O)N1c2ccccc2NC2=C(C(=O)C[C@@H](c3ccc(C(C)(C)C)cc3)C2)[C@@H]1c1ccc(Cl)cc1Cl. The number of amides is 1. The van der Waals surface area contributed by atoms with Crippen molar-refractivity contribution in [3.8, 4) is 0 Å². The number of nitrogens with zero attached hydrogens (tertiary/aromatic N) is 1. The molecule has 6 heteroatoms. The summed E-state index contributed by atoms with van der Waals surface area (Å²) < 4.78 is 0. The fourth-order valence-electron chi connectivity index (χ4n) is 5.45. The molecule has 4 nitrogen and oxygen atoms in total. The fourth-order valence-corrected chi connectivity index (χ4v) is 5.96. The van der Waals surface area contributed by atoms with Gasteiger partial charge in [-0.3, -0.25) is 14.5 Å². The Hall–Kier alpha value is -3.08. The molecule has 0 saturated heterocycles. The smallest absolute Gasteiger partial charge is 0.224 e. The van der Waals surface area contributed by atoms with Crippen LogP contribution in [0.5, 0.6) is 0 Å². The summed E-state index contributed by atoms with van der Waals surface area (Å²) in [6.07, 6.45) is 1.01. The molecule has 0 spiro atoms. The number of fused-ring (bicyclic) bond motifs is 1. The van der Waals surface area contributed by atoms with Crippen LogP contribution in [0.25, 0.3) is 0 Å². The van der Waals surface area contributed by atoms with Gasteiger partial charge in [-0.15, -0.1) is 0 Å². The summed E-state index contributed by atoms with van der Waals surface area (Å²) in [6.45, 7) is 8.10. The first-order valence-electron chi connectivity index (χ1n) is 12.5. The zero-order valence-electron chi connectivity index (χ0n) is 21.4. The van der Waals surface area contributed by atoms with E-state index in [1.165, 1.54) is 12.5 Å². The minimum atomic E-state index is -0.662. The molecular formula is C31H30Cl2N2O2. The van der Waals surface area contributed by atoms with Gasteiger partial charge in [0.1, 0.15) is 0 Å². The minimum Gasteiger partial charge on any atom is -0.357 e. The Kier molecular flexibility index (Phi) is 6.68. The van der Waals surface area contributed by atoms with E-state index in [2.05, 4.69) is 50.4 Å². The number of ketones is 1. The Labute approximate surface area is 228 Å². The molecule has 0 bridgehead atoms. The van der Waals surface area contributed by atoms with E-state index >= 15 is 0 Å². The van der Waals surface area contributed by atoms with E-state index in [4.69, 9.17) is 23.2 Å². The molecule has 1 amide bonds. The highest BCUT2D eigenvalue weighted by Crippen LogP contribution is 2.48. The van der Waals surface area contributed by atoms with Crippen molar-refractivity contribution in [2.75, 3.05) is 10.2 Å². The van der Waals surface area contributed by atoms with Crippen LogP contribution in [0.4, 0.5) is 11.4 Å². The molecule has 0 unspecified atom stereocenters. The Balaban J connectivity index is 1.65. The number of halogens is 2. The van der Waals surface area contributed by atoms with Crippen molar-refractivity contribution in [2.24, 2.45) is 0 Å². The zero-order chi connectivity index (χ0) is 26.5. The molecule has 3 aromatic carbocycles. The predicted molar refractivity (Wildman–Crippen MR) is 152 cm³/mol. The van der Waals surface area contributed by atoms with Crippen molar-refractivity contribution in [3.05, 3.63) is 105 Å². The fraction of sp³-hybridized carbons (Fsp3) is 0.290. The van der Waals surface area contributed by atoms with Crippen LogP contribution in [0.15, 0.2) is 78.0 Å². The van der Waals surface area contributed by atoms with Gasteiger partial charge in [-0.1, -0.05) is 86.4 Å². The van der Waals surface area contributed by atoms with Gasteiger partial charge in [0.15, 0.2) is 5.78 Å². The molecule has 3 aromatic rings. The number of para-hydroxylation sites is 2. The number of hydrogen-bond donors (Lipinski definition) is 1.